The molecule has 28 heavy (non-hydrogen) atoms. The number of aliphatic hydroxyl groups excluding tert-OH is 2. The smallest absolute Gasteiger partial charge is 0.0587 e. The summed E-state index contributed by atoms with van der Waals surface area (Å²) >= 11 is 0. The molecule has 4 heteroatoms. The molecule has 0 amide bonds. The average molecular weight is 383 g/mol. The zero-order valence-corrected chi connectivity index (χ0v) is 17.4. The van der Waals surface area contributed by atoms with E-state index in [1.807, 2.05) is 0 Å². The van der Waals surface area contributed by atoms with Crippen LogP contribution in [-0.2, 0) is 0 Å². The van der Waals surface area contributed by atoms with Crippen LogP contribution >= 0.6 is 0 Å². The predicted molar refractivity (Wildman–Crippen MR) is 115 cm³/mol. The third-order valence-corrected chi connectivity index (χ3v) is 6.01. The molecule has 4 nitrogen and oxygen atoms in total. The summed E-state index contributed by atoms with van der Waals surface area (Å²) in [6.07, 6.45) is 0. The minimum Gasteiger partial charge on any atom is -0.395 e. The molecule has 4 atom stereocenters. The number of hydrogen-bond acceptors (Lipinski definition) is 4. The molecule has 1 aliphatic rings. The molecule has 4 N–H and O–H groups in total. The molecular weight excluding hydrogens is 348 g/mol. The normalized spacial score (nSPS) is 20.7. The van der Waals surface area contributed by atoms with Crippen molar-refractivity contribution in [1.29, 1.82) is 0 Å². The third-order valence-electron chi connectivity index (χ3n) is 6.01. The summed E-state index contributed by atoms with van der Waals surface area (Å²) in [4.78, 5) is 0. The number of hydrogen-bond donors (Lipinski definition) is 4. The summed E-state index contributed by atoms with van der Waals surface area (Å²) in [5.74, 6) is 0.627. The van der Waals surface area contributed by atoms with E-state index in [1.54, 1.807) is 0 Å². The highest BCUT2D eigenvalue weighted by molar-refractivity contribution is 5.75. The quantitative estimate of drug-likeness (QED) is 0.563. The van der Waals surface area contributed by atoms with Crippen LogP contribution in [-0.4, -0.2) is 35.5 Å². The molecule has 2 aromatic carbocycles. The zero-order valence-electron chi connectivity index (χ0n) is 17.4. The molecule has 0 saturated carbocycles. The van der Waals surface area contributed by atoms with Gasteiger partial charge in [0.2, 0.25) is 0 Å². The van der Waals surface area contributed by atoms with E-state index >= 15 is 0 Å². The Morgan fingerprint density at radius 2 is 1.04 bits per heavy atom. The topological polar surface area (TPSA) is 64.5 Å². The van der Waals surface area contributed by atoms with Crippen molar-refractivity contribution >= 4 is 0 Å². The van der Waals surface area contributed by atoms with Gasteiger partial charge in [0.05, 0.1) is 25.3 Å². The van der Waals surface area contributed by atoms with E-state index in [-0.39, 0.29) is 37.4 Å². The zero-order chi connectivity index (χ0) is 20.3. The molecule has 2 aromatic rings. The van der Waals surface area contributed by atoms with E-state index in [2.05, 4.69) is 86.9 Å². The standard InChI is InChI=1S/C24H34N2O2/c1-15(2)21(13-27)25-23-19-11-7-5-9-17(19)18-10-6-8-12-20(18)24(23)26-22(14-28)16(3)4/h5-12,15-16,21-28H,13-14H2,1-4H3/t21-,22-,23+,24+/m1/s1. The fourth-order valence-electron chi connectivity index (χ4n) is 4.13. The number of benzene rings is 2. The number of aliphatic hydroxyl groups is 2. The van der Waals surface area contributed by atoms with Gasteiger partial charge in [-0.3, -0.25) is 0 Å². The van der Waals surface area contributed by atoms with E-state index in [0.717, 1.165) is 0 Å². The van der Waals surface area contributed by atoms with Crippen molar-refractivity contribution in [2.75, 3.05) is 13.2 Å². The third kappa shape index (κ3) is 4.15. The molecule has 0 radical (unpaired) electrons. The monoisotopic (exact) mass is 382 g/mol. The van der Waals surface area contributed by atoms with E-state index in [4.69, 9.17) is 0 Å². The first kappa shape index (κ1) is 21.0. The SMILES string of the molecule is CC(C)[C@@H](CO)N[C@H]1c2ccccc2-c2ccccc2[C@@H]1N[C@H](CO)C(C)C. The lowest BCUT2D eigenvalue weighted by molar-refractivity contribution is 0.164. The van der Waals surface area contributed by atoms with Crippen LogP contribution in [0.5, 0.6) is 0 Å². The van der Waals surface area contributed by atoms with Gasteiger partial charge >= 0.3 is 0 Å². The number of nitrogens with one attached hydrogen (secondary N) is 2. The Bertz CT molecular complexity index is 709. The Labute approximate surface area is 169 Å². The molecule has 0 fully saturated rings. The fraction of sp³-hybridized carbons (Fsp3) is 0.500. The second kappa shape index (κ2) is 9.19. The highest BCUT2D eigenvalue weighted by Crippen LogP contribution is 2.45. The fourth-order valence-corrected chi connectivity index (χ4v) is 4.13. The largest absolute Gasteiger partial charge is 0.395 e. The molecule has 1 aliphatic carbocycles. The van der Waals surface area contributed by atoms with Crippen LogP contribution in [0, 0.1) is 11.8 Å². The van der Waals surface area contributed by atoms with Gasteiger partial charge in [-0.1, -0.05) is 76.2 Å². The Morgan fingerprint density at radius 3 is 1.36 bits per heavy atom. The Kier molecular flexibility index (Phi) is 6.89. The van der Waals surface area contributed by atoms with E-state index < -0.39 is 0 Å². The maximum atomic E-state index is 9.95. The Morgan fingerprint density at radius 1 is 0.679 bits per heavy atom. The van der Waals surface area contributed by atoms with Gasteiger partial charge in [-0.25, -0.2) is 0 Å². The summed E-state index contributed by atoms with van der Waals surface area (Å²) < 4.78 is 0. The van der Waals surface area contributed by atoms with Crippen molar-refractivity contribution < 1.29 is 10.2 Å². The molecule has 0 aliphatic heterocycles. The van der Waals surface area contributed by atoms with E-state index in [9.17, 15) is 10.2 Å². The van der Waals surface area contributed by atoms with Crippen molar-refractivity contribution in [1.82, 2.24) is 10.6 Å². The molecule has 152 valence electrons. The van der Waals surface area contributed by atoms with Crippen LogP contribution in [0.3, 0.4) is 0 Å². The molecule has 0 heterocycles. The lowest BCUT2D eigenvalue weighted by atomic mass is 9.78. The first-order chi connectivity index (χ1) is 13.5. The second-order valence-electron chi connectivity index (χ2n) is 8.53. The number of fused-ring (bicyclic) bond motifs is 3. The van der Waals surface area contributed by atoms with Crippen LogP contribution in [0.2, 0.25) is 0 Å². The van der Waals surface area contributed by atoms with E-state index in [1.165, 1.54) is 22.3 Å². The summed E-state index contributed by atoms with van der Waals surface area (Å²) in [6, 6.07) is 17.0. The average Bonchev–Trinajstić information content (AvgIpc) is 2.70. The molecule has 0 aromatic heterocycles. The van der Waals surface area contributed by atoms with Crippen LogP contribution in [0.15, 0.2) is 48.5 Å². The van der Waals surface area contributed by atoms with E-state index in [0.29, 0.717) is 11.8 Å². The summed E-state index contributed by atoms with van der Waals surface area (Å²) in [5.41, 5.74) is 4.94. The van der Waals surface area contributed by atoms with Gasteiger partial charge in [-0.2, -0.15) is 0 Å². The minimum atomic E-state index is -0.000699. The number of rotatable bonds is 8. The van der Waals surface area contributed by atoms with Gasteiger partial charge in [0, 0.05) is 12.1 Å². The Hall–Kier alpha value is -1.72. The second-order valence-corrected chi connectivity index (χ2v) is 8.53. The summed E-state index contributed by atoms with van der Waals surface area (Å²) in [7, 11) is 0. The molecule has 3 rings (SSSR count). The molecular formula is C24H34N2O2. The molecule has 0 saturated heterocycles. The van der Waals surface area contributed by atoms with Crippen molar-refractivity contribution in [3.8, 4) is 11.1 Å². The Balaban J connectivity index is 2.09. The van der Waals surface area contributed by atoms with Gasteiger partial charge in [-0.05, 0) is 34.1 Å². The van der Waals surface area contributed by atoms with Gasteiger partial charge in [0.15, 0.2) is 0 Å². The lowest BCUT2D eigenvalue weighted by Crippen LogP contribution is -2.49. The van der Waals surface area contributed by atoms with Gasteiger partial charge < -0.3 is 20.8 Å². The van der Waals surface area contributed by atoms with Crippen LogP contribution in [0.1, 0.15) is 50.9 Å². The highest BCUT2D eigenvalue weighted by atomic mass is 16.3. The van der Waals surface area contributed by atoms with Crippen LogP contribution < -0.4 is 10.6 Å². The molecule has 0 bridgehead atoms. The van der Waals surface area contributed by atoms with Crippen LogP contribution in [0.25, 0.3) is 11.1 Å². The summed E-state index contributed by atoms with van der Waals surface area (Å²) in [6.45, 7) is 8.71. The van der Waals surface area contributed by atoms with Crippen molar-refractivity contribution in [2.45, 2.75) is 51.9 Å². The van der Waals surface area contributed by atoms with Crippen molar-refractivity contribution in [2.24, 2.45) is 11.8 Å². The highest BCUT2D eigenvalue weighted by Gasteiger charge is 2.36. The maximum absolute atomic E-state index is 9.95. The van der Waals surface area contributed by atoms with Crippen LogP contribution in [0.4, 0.5) is 0 Å². The maximum Gasteiger partial charge on any atom is 0.0587 e. The predicted octanol–water partition coefficient (Wildman–Crippen LogP) is 3.66. The molecule has 0 spiro atoms. The van der Waals surface area contributed by atoms with Crippen molar-refractivity contribution in [3.05, 3.63) is 59.7 Å². The van der Waals surface area contributed by atoms with Gasteiger partial charge in [-0.15, -0.1) is 0 Å². The van der Waals surface area contributed by atoms with Gasteiger partial charge in [0.25, 0.3) is 0 Å². The minimum absolute atomic E-state index is 0.000699. The first-order valence-electron chi connectivity index (χ1n) is 10.4. The first-order valence-corrected chi connectivity index (χ1v) is 10.4. The van der Waals surface area contributed by atoms with Crippen molar-refractivity contribution in [3.63, 3.8) is 0 Å². The summed E-state index contributed by atoms with van der Waals surface area (Å²) in [5, 5.41) is 27.4. The molecule has 0 unspecified atom stereocenters. The van der Waals surface area contributed by atoms with Gasteiger partial charge in [0.1, 0.15) is 0 Å². The lowest BCUT2D eigenvalue weighted by Gasteiger charge is -2.41.